The molecule has 0 atom stereocenters. The monoisotopic (exact) mass is 481 g/mol. The average Bonchev–Trinajstić information content (AvgIpc) is 3.50. The van der Waals surface area contributed by atoms with Gasteiger partial charge in [0.2, 0.25) is 5.88 Å². The van der Waals surface area contributed by atoms with Gasteiger partial charge in [0, 0.05) is 10.9 Å². The number of thiazole rings is 1. The van der Waals surface area contributed by atoms with Crippen molar-refractivity contribution >= 4 is 40.3 Å². The van der Waals surface area contributed by atoms with Crippen LogP contribution in [-0.2, 0) is 0 Å². The van der Waals surface area contributed by atoms with Crippen LogP contribution in [0.4, 0.5) is 0 Å². The molecule has 0 bridgehead atoms. The van der Waals surface area contributed by atoms with E-state index in [1.807, 2.05) is 58.9 Å². The van der Waals surface area contributed by atoms with Crippen molar-refractivity contribution < 1.29 is 4.74 Å². The fourth-order valence-electron chi connectivity index (χ4n) is 3.59. The summed E-state index contributed by atoms with van der Waals surface area (Å²) in [4.78, 5) is 5.69. The van der Waals surface area contributed by atoms with Crippen molar-refractivity contribution in [3.05, 3.63) is 52.9 Å². The molecule has 1 fully saturated rings. The van der Waals surface area contributed by atoms with Gasteiger partial charge >= 0.3 is 0 Å². The number of nitrogens with one attached hydrogen (secondary N) is 1. The lowest BCUT2D eigenvalue weighted by Gasteiger charge is -2.25. The Hall–Kier alpha value is -2.62. The van der Waals surface area contributed by atoms with Crippen LogP contribution in [0.25, 0.3) is 27.5 Å². The topological polar surface area (TPSA) is 89.8 Å². The molecule has 0 unspecified atom stereocenters. The highest BCUT2D eigenvalue weighted by molar-refractivity contribution is 8.00. The van der Waals surface area contributed by atoms with Gasteiger partial charge in [0.1, 0.15) is 10.8 Å². The van der Waals surface area contributed by atoms with Crippen molar-refractivity contribution in [3.8, 4) is 33.4 Å². The van der Waals surface area contributed by atoms with Crippen molar-refractivity contribution in [2.75, 3.05) is 12.9 Å². The van der Waals surface area contributed by atoms with E-state index in [1.165, 1.54) is 30.6 Å². The van der Waals surface area contributed by atoms with Gasteiger partial charge in [-0.1, -0.05) is 24.6 Å². The van der Waals surface area contributed by atoms with Crippen molar-refractivity contribution in [3.63, 3.8) is 0 Å². The Bertz CT molecular complexity index is 1240. The normalized spacial score (nSPS) is 13.8. The highest BCUT2D eigenvalue weighted by Gasteiger charge is 2.23. The number of para-hydroxylation sites is 1. The van der Waals surface area contributed by atoms with Crippen molar-refractivity contribution in [2.45, 2.75) is 23.5 Å². The van der Waals surface area contributed by atoms with Crippen molar-refractivity contribution in [1.82, 2.24) is 14.8 Å². The number of ether oxygens (including phenoxy) is 1. The van der Waals surface area contributed by atoms with Crippen molar-refractivity contribution in [1.29, 1.82) is 5.41 Å². The molecule has 1 aromatic carbocycles. The van der Waals surface area contributed by atoms with Crippen LogP contribution in [-0.4, -0.2) is 33.5 Å². The molecule has 6 nitrogen and oxygen atoms in total. The second-order valence-corrected chi connectivity index (χ2v) is 10.7. The molecule has 0 radical (unpaired) electrons. The Kier molecular flexibility index (Phi) is 6.03. The Morgan fingerprint density at radius 2 is 2.09 bits per heavy atom. The van der Waals surface area contributed by atoms with Crippen LogP contribution in [0.2, 0.25) is 0 Å². The molecule has 3 aromatic heterocycles. The van der Waals surface area contributed by atoms with Crippen LogP contribution in [0.15, 0.2) is 52.2 Å². The van der Waals surface area contributed by atoms with Crippen molar-refractivity contribution in [2.24, 2.45) is 11.7 Å². The minimum Gasteiger partial charge on any atom is -0.477 e. The number of aromatic nitrogens is 3. The van der Waals surface area contributed by atoms with Crippen LogP contribution in [0.3, 0.4) is 0 Å². The van der Waals surface area contributed by atoms with Gasteiger partial charge in [0.25, 0.3) is 0 Å². The molecule has 9 heteroatoms. The fraction of sp³-hybridized carbons (Fsp3) is 0.261. The highest BCUT2D eigenvalue weighted by atomic mass is 32.2. The summed E-state index contributed by atoms with van der Waals surface area (Å²) in [5, 5.41) is 15.4. The third-order valence-corrected chi connectivity index (χ3v) is 8.75. The van der Waals surface area contributed by atoms with E-state index in [1.54, 1.807) is 23.1 Å². The maximum absolute atomic E-state index is 7.77. The number of rotatable bonds is 8. The third kappa shape index (κ3) is 4.07. The summed E-state index contributed by atoms with van der Waals surface area (Å²) in [6, 6.07) is 12.0. The number of hydrogen-bond donors (Lipinski definition) is 2. The molecule has 3 N–H and O–H groups in total. The molecule has 3 heterocycles. The van der Waals surface area contributed by atoms with E-state index in [4.69, 9.17) is 20.9 Å². The van der Waals surface area contributed by atoms with E-state index in [0.29, 0.717) is 12.5 Å². The van der Waals surface area contributed by atoms with Gasteiger partial charge in [0.05, 0.1) is 38.8 Å². The smallest absolute Gasteiger partial charge is 0.226 e. The van der Waals surface area contributed by atoms with Gasteiger partial charge in [-0.15, -0.1) is 34.4 Å². The second-order valence-electron chi connectivity index (χ2n) is 7.69. The largest absolute Gasteiger partial charge is 0.477 e. The number of thiophene rings is 1. The molecule has 4 aromatic rings. The van der Waals surface area contributed by atoms with E-state index >= 15 is 0 Å². The molecule has 0 spiro atoms. The van der Waals surface area contributed by atoms with Crippen LogP contribution in [0, 0.1) is 11.3 Å². The van der Waals surface area contributed by atoms with Gasteiger partial charge < -0.3 is 10.5 Å². The maximum atomic E-state index is 7.77. The standard InChI is InChI=1S/C23H23N5OS3/c1-30-23-16(10-19(32-23)20(24)25)21-27-18(13-31-21)17-11-26-28(15-8-3-2-4-9-15)22(17)29-12-14-6-5-7-14/h2-4,8-11,13-14H,5-7,12H2,1H3,(H3,24,25). The number of amidine groups is 1. The van der Waals surface area contributed by atoms with E-state index in [2.05, 4.69) is 5.10 Å². The highest BCUT2D eigenvalue weighted by Crippen LogP contribution is 2.41. The minimum atomic E-state index is 0.0872. The molecule has 164 valence electrons. The van der Waals surface area contributed by atoms with Crippen LogP contribution >= 0.6 is 34.4 Å². The number of nitrogens with two attached hydrogens (primary N) is 1. The predicted octanol–water partition coefficient (Wildman–Crippen LogP) is 5.91. The molecular weight excluding hydrogens is 458 g/mol. The van der Waals surface area contributed by atoms with Crippen LogP contribution < -0.4 is 10.5 Å². The molecule has 0 aliphatic heterocycles. The Labute approximate surface area is 199 Å². The lowest BCUT2D eigenvalue weighted by atomic mass is 9.86. The molecule has 0 saturated heterocycles. The zero-order valence-electron chi connectivity index (χ0n) is 17.6. The quantitative estimate of drug-likeness (QED) is 0.185. The first-order valence-corrected chi connectivity index (χ1v) is 13.3. The Morgan fingerprint density at radius 3 is 2.78 bits per heavy atom. The van der Waals surface area contributed by atoms with Crippen LogP contribution in [0.1, 0.15) is 24.1 Å². The number of nitrogens with zero attached hydrogens (tertiary/aromatic N) is 3. The average molecular weight is 482 g/mol. The van der Waals surface area contributed by atoms with E-state index in [-0.39, 0.29) is 5.84 Å². The first-order valence-electron chi connectivity index (χ1n) is 10.4. The maximum Gasteiger partial charge on any atom is 0.226 e. The summed E-state index contributed by atoms with van der Waals surface area (Å²) in [5.74, 6) is 1.44. The SMILES string of the molecule is CSc1sc(C(=N)N)cc1-c1nc(-c2cnn(-c3ccccc3)c2OCC2CCC2)cs1. The lowest BCUT2D eigenvalue weighted by molar-refractivity contribution is 0.173. The van der Waals surface area contributed by atoms with E-state index in [0.717, 1.165) is 42.5 Å². The number of benzene rings is 1. The number of thioether (sulfide) groups is 1. The van der Waals surface area contributed by atoms with Gasteiger partial charge in [-0.05, 0) is 43.2 Å². The summed E-state index contributed by atoms with van der Waals surface area (Å²) in [5.41, 5.74) is 9.44. The van der Waals surface area contributed by atoms with Gasteiger partial charge in [-0.3, -0.25) is 5.41 Å². The van der Waals surface area contributed by atoms with E-state index < -0.39 is 0 Å². The van der Waals surface area contributed by atoms with E-state index in [9.17, 15) is 0 Å². The second kappa shape index (κ2) is 9.09. The molecule has 32 heavy (non-hydrogen) atoms. The van der Waals surface area contributed by atoms with Gasteiger partial charge in [-0.2, -0.15) is 5.10 Å². The van der Waals surface area contributed by atoms with Gasteiger partial charge in [0.15, 0.2) is 0 Å². The molecule has 5 rings (SSSR count). The third-order valence-electron chi connectivity index (χ3n) is 5.57. The number of nitrogen functional groups attached to an aromatic ring is 1. The first-order chi connectivity index (χ1) is 15.6. The summed E-state index contributed by atoms with van der Waals surface area (Å²) in [7, 11) is 0. The Morgan fingerprint density at radius 1 is 1.28 bits per heavy atom. The minimum absolute atomic E-state index is 0.0872. The fourth-order valence-corrected chi connectivity index (χ4v) is 6.29. The molecule has 0 amide bonds. The summed E-state index contributed by atoms with van der Waals surface area (Å²) >= 11 is 4.77. The summed E-state index contributed by atoms with van der Waals surface area (Å²) < 4.78 is 9.30. The zero-order valence-corrected chi connectivity index (χ0v) is 20.0. The summed E-state index contributed by atoms with van der Waals surface area (Å²) in [6.07, 6.45) is 7.61. The molecule has 1 saturated carbocycles. The number of hydrogen-bond acceptors (Lipinski definition) is 7. The molecular formula is C23H23N5OS3. The van der Waals surface area contributed by atoms with Crippen LogP contribution in [0.5, 0.6) is 5.88 Å². The zero-order chi connectivity index (χ0) is 22.1. The molecule has 1 aliphatic carbocycles. The molecule has 1 aliphatic rings. The first kappa shape index (κ1) is 21.2. The van der Waals surface area contributed by atoms with Gasteiger partial charge in [-0.25, -0.2) is 9.67 Å². The predicted molar refractivity (Wildman–Crippen MR) is 134 cm³/mol. The Balaban J connectivity index is 1.52. The summed E-state index contributed by atoms with van der Waals surface area (Å²) in [6.45, 7) is 0.700. The lowest BCUT2D eigenvalue weighted by Crippen LogP contribution is -2.20.